The second kappa shape index (κ2) is 8.51. The summed E-state index contributed by atoms with van der Waals surface area (Å²) in [5.74, 6) is -2.17. The number of hydrogen-bond donors (Lipinski definition) is 3. The third kappa shape index (κ3) is 4.10. The van der Waals surface area contributed by atoms with Crippen LogP contribution in [0.3, 0.4) is 0 Å². The minimum Gasteiger partial charge on any atom is -0.456 e. The van der Waals surface area contributed by atoms with E-state index in [1.807, 2.05) is 6.07 Å². The fourth-order valence-electron chi connectivity index (χ4n) is 3.94. The van der Waals surface area contributed by atoms with Crippen molar-refractivity contribution in [3.05, 3.63) is 77.4 Å². The van der Waals surface area contributed by atoms with Crippen LogP contribution in [0.5, 0.6) is 0 Å². The zero-order valence-electron chi connectivity index (χ0n) is 17.4. The zero-order valence-corrected chi connectivity index (χ0v) is 17.4. The number of allylic oxidation sites excluding steroid dienone is 1. The lowest BCUT2D eigenvalue weighted by atomic mass is 10.1. The molecule has 8 nitrogen and oxygen atoms in total. The summed E-state index contributed by atoms with van der Waals surface area (Å²) in [4.78, 5) is 33.3. The second-order valence-corrected chi connectivity index (χ2v) is 7.86. The average molecular weight is 449 g/mol. The summed E-state index contributed by atoms with van der Waals surface area (Å²) in [6.07, 6.45) is 5.16. The van der Waals surface area contributed by atoms with Crippen LogP contribution in [0.15, 0.2) is 66.0 Å². The molecule has 5 rings (SSSR count). The van der Waals surface area contributed by atoms with E-state index in [2.05, 4.69) is 15.3 Å². The summed E-state index contributed by atoms with van der Waals surface area (Å²) in [5.41, 5.74) is 1.40. The van der Waals surface area contributed by atoms with Gasteiger partial charge in [-0.25, -0.2) is 14.2 Å². The highest BCUT2D eigenvalue weighted by molar-refractivity contribution is 6.26. The number of fused-ring (bicyclic) bond motifs is 1. The SMILES string of the molecule is O=C(OC1CCCC1O)C1=C(Nc2ccc(F)cc2)OC(=Cc2c[nH]c3ncccc23)C1=O. The third-order valence-electron chi connectivity index (χ3n) is 5.64. The average Bonchev–Trinajstić information content (AvgIpc) is 3.48. The molecule has 2 atom stereocenters. The number of ketones is 1. The van der Waals surface area contributed by atoms with Crippen molar-refractivity contribution < 1.29 is 28.6 Å². The fourth-order valence-corrected chi connectivity index (χ4v) is 3.94. The smallest absolute Gasteiger partial charge is 0.348 e. The maximum Gasteiger partial charge on any atom is 0.348 e. The Kier molecular flexibility index (Phi) is 5.39. The molecular weight excluding hydrogens is 429 g/mol. The van der Waals surface area contributed by atoms with Crippen molar-refractivity contribution in [2.75, 3.05) is 5.32 Å². The molecule has 0 radical (unpaired) electrons. The number of benzene rings is 1. The number of H-pyrrole nitrogens is 1. The molecule has 1 aliphatic carbocycles. The van der Waals surface area contributed by atoms with Crippen molar-refractivity contribution in [1.29, 1.82) is 0 Å². The second-order valence-electron chi connectivity index (χ2n) is 7.86. The third-order valence-corrected chi connectivity index (χ3v) is 5.64. The largest absolute Gasteiger partial charge is 0.456 e. The van der Waals surface area contributed by atoms with E-state index in [-0.39, 0.29) is 17.2 Å². The number of hydrogen-bond acceptors (Lipinski definition) is 7. The Morgan fingerprint density at radius 3 is 2.85 bits per heavy atom. The first-order chi connectivity index (χ1) is 16.0. The number of anilines is 1. The molecule has 0 spiro atoms. The number of aromatic nitrogens is 2. The Bertz CT molecular complexity index is 1290. The summed E-state index contributed by atoms with van der Waals surface area (Å²) in [6, 6.07) is 8.99. The maximum absolute atomic E-state index is 13.3. The van der Waals surface area contributed by atoms with Crippen LogP contribution in [-0.4, -0.2) is 39.0 Å². The van der Waals surface area contributed by atoms with Crippen molar-refractivity contribution in [1.82, 2.24) is 9.97 Å². The van der Waals surface area contributed by atoms with Gasteiger partial charge < -0.3 is 24.9 Å². The first-order valence-electron chi connectivity index (χ1n) is 10.5. The molecule has 2 aliphatic rings. The minimum absolute atomic E-state index is 0.0803. The molecular formula is C24H20FN3O5. The number of carbonyl (C=O) groups excluding carboxylic acids is 2. The van der Waals surface area contributed by atoms with Crippen molar-refractivity contribution in [2.24, 2.45) is 0 Å². The van der Waals surface area contributed by atoms with Crippen LogP contribution < -0.4 is 5.32 Å². The normalized spacial score (nSPS) is 21.6. The van der Waals surface area contributed by atoms with Crippen LogP contribution in [0.1, 0.15) is 24.8 Å². The standard InChI is InChI=1S/C24H20FN3O5/c25-14-6-8-15(9-7-14)28-23-20(24(31)33-18-5-1-4-17(18)29)21(30)19(32-23)11-13-12-27-22-16(13)3-2-10-26-22/h2-3,6-12,17-18,28-29H,1,4-5H2,(H,26,27). The van der Waals surface area contributed by atoms with E-state index < -0.39 is 29.8 Å². The van der Waals surface area contributed by atoms with E-state index in [1.165, 1.54) is 30.3 Å². The Morgan fingerprint density at radius 2 is 2.09 bits per heavy atom. The van der Waals surface area contributed by atoms with Gasteiger partial charge in [0.05, 0.1) is 6.10 Å². The zero-order chi connectivity index (χ0) is 22.9. The van der Waals surface area contributed by atoms with E-state index in [1.54, 1.807) is 18.5 Å². The Morgan fingerprint density at radius 1 is 1.27 bits per heavy atom. The number of aliphatic hydroxyl groups excluding tert-OH is 1. The van der Waals surface area contributed by atoms with Gasteiger partial charge in [-0.05, 0) is 61.7 Å². The Balaban J connectivity index is 1.48. The fraction of sp³-hybridized carbons (Fsp3) is 0.208. The number of nitrogens with zero attached hydrogens (tertiary/aromatic N) is 1. The number of pyridine rings is 1. The number of esters is 1. The van der Waals surface area contributed by atoms with Crippen LogP contribution in [0.2, 0.25) is 0 Å². The van der Waals surface area contributed by atoms with E-state index in [0.717, 1.165) is 11.8 Å². The number of aliphatic hydroxyl groups is 1. The molecule has 9 heteroatoms. The lowest BCUT2D eigenvalue weighted by Crippen LogP contribution is -2.28. The van der Waals surface area contributed by atoms with Gasteiger partial charge >= 0.3 is 5.97 Å². The van der Waals surface area contributed by atoms with Crippen LogP contribution >= 0.6 is 0 Å². The maximum atomic E-state index is 13.3. The molecule has 168 valence electrons. The lowest BCUT2D eigenvalue weighted by molar-refractivity contribution is -0.149. The minimum atomic E-state index is -0.889. The first kappa shape index (κ1) is 20.9. The Labute approximate surface area is 187 Å². The van der Waals surface area contributed by atoms with E-state index in [0.29, 0.717) is 29.7 Å². The quantitative estimate of drug-likeness (QED) is 0.311. The highest BCUT2D eigenvalue weighted by atomic mass is 19.1. The molecule has 0 saturated heterocycles. The number of Topliss-reactive ketones (excluding diaryl/α,β-unsaturated/α-hetero) is 1. The molecule has 3 N–H and O–H groups in total. The van der Waals surface area contributed by atoms with Gasteiger partial charge in [0.1, 0.15) is 17.6 Å². The topological polar surface area (TPSA) is 114 Å². The van der Waals surface area contributed by atoms with Crippen molar-refractivity contribution in [3.63, 3.8) is 0 Å². The molecule has 1 saturated carbocycles. The molecule has 3 heterocycles. The molecule has 33 heavy (non-hydrogen) atoms. The summed E-state index contributed by atoms with van der Waals surface area (Å²) in [6.45, 7) is 0. The van der Waals surface area contributed by atoms with Gasteiger partial charge in [0, 0.05) is 29.0 Å². The van der Waals surface area contributed by atoms with E-state index in [4.69, 9.17) is 9.47 Å². The Hall–Kier alpha value is -3.98. The summed E-state index contributed by atoms with van der Waals surface area (Å²) in [7, 11) is 0. The lowest BCUT2D eigenvalue weighted by Gasteiger charge is -2.15. The predicted molar refractivity (Wildman–Crippen MR) is 117 cm³/mol. The van der Waals surface area contributed by atoms with Crippen LogP contribution in [-0.2, 0) is 19.1 Å². The van der Waals surface area contributed by atoms with E-state index >= 15 is 0 Å². The molecule has 0 amide bonds. The number of halogens is 1. The van der Waals surface area contributed by atoms with Gasteiger partial charge in [0.2, 0.25) is 11.7 Å². The molecule has 0 bridgehead atoms. The predicted octanol–water partition coefficient (Wildman–Crippen LogP) is 3.42. The monoisotopic (exact) mass is 449 g/mol. The molecule has 2 aromatic heterocycles. The molecule has 1 aromatic carbocycles. The van der Waals surface area contributed by atoms with Crippen LogP contribution in [0.4, 0.5) is 10.1 Å². The molecule has 1 aliphatic heterocycles. The number of rotatable bonds is 5. The first-order valence-corrected chi connectivity index (χ1v) is 10.5. The highest BCUT2D eigenvalue weighted by Crippen LogP contribution is 2.31. The van der Waals surface area contributed by atoms with Gasteiger partial charge in [0.15, 0.2) is 11.3 Å². The van der Waals surface area contributed by atoms with Gasteiger partial charge in [-0.2, -0.15) is 0 Å². The number of ether oxygens (including phenoxy) is 2. The van der Waals surface area contributed by atoms with Gasteiger partial charge in [0.25, 0.3) is 0 Å². The number of nitrogens with one attached hydrogen (secondary N) is 2. The van der Waals surface area contributed by atoms with Crippen molar-refractivity contribution >= 4 is 34.5 Å². The van der Waals surface area contributed by atoms with Crippen LogP contribution in [0.25, 0.3) is 17.1 Å². The molecule has 1 fully saturated rings. The van der Waals surface area contributed by atoms with Crippen molar-refractivity contribution in [2.45, 2.75) is 31.5 Å². The summed E-state index contributed by atoms with van der Waals surface area (Å²) in [5, 5.41) is 13.7. The highest BCUT2D eigenvalue weighted by Gasteiger charge is 2.39. The molecule has 3 aromatic rings. The van der Waals surface area contributed by atoms with Crippen LogP contribution in [0, 0.1) is 5.82 Å². The number of aromatic amines is 1. The van der Waals surface area contributed by atoms with Crippen molar-refractivity contribution in [3.8, 4) is 0 Å². The van der Waals surface area contributed by atoms with E-state index in [9.17, 15) is 19.1 Å². The number of carbonyl (C=O) groups is 2. The molecule has 2 unspecified atom stereocenters. The summed E-state index contributed by atoms with van der Waals surface area (Å²) < 4.78 is 24.5. The van der Waals surface area contributed by atoms with Gasteiger partial charge in [-0.3, -0.25) is 4.79 Å². The van der Waals surface area contributed by atoms with Gasteiger partial charge in [-0.15, -0.1) is 0 Å². The van der Waals surface area contributed by atoms with Gasteiger partial charge in [-0.1, -0.05) is 0 Å². The summed E-state index contributed by atoms with van der Waals surface area (Å²) >= 11 is 0.